The third kappa shape index (κ3) is 2.54. The quantitative estimate of drug-likeness (QED) is 0.672. The normalized spacial score (nSPS) is 10.4. The van der Waals surface area contributed by atoms with Crippen LogP contribution in [0.4, 0.5) is 0 Å². The second kappa shape index (κ2) is 3.67. The van der Waals surface area contributed by atoms with Crippen LogP contribution < -0.4 is 0 Å². The van der Waals surface area contributed by atoms with Gasteiger partial charge in [-0.3, -0.25) is 4.98 Å². The first-order valence-corrected chi connectivity index (χ1v) is 3.53. The fourth-order valence-electron chi connectivity index (χ4n) is 0.814. The summed E-state index contributed by atoms with van der Waals surface area (Å²) in [5.74, 6) is -0.960. The SMILES string of the molecule is Cc1cccc(C=CC(=O)O)n1. The third-order valence-corrected chi connectivity index (χ3v) is 1.31. The molecule has 0 radical (unpaired) electrons. The standard InChI is InChI=1S/C9H9NO2/c1-7-3-2-4-8(10-7)5-6-9(11)12/h2-6H,1H3,(H,11,12). The molecule has 3 nitrogen and oxygen atoms in total. The molecule has 1 aromatic heterocycles. The number of aryl methyl sites for hydroxylation is 1. The Kier molecular flexibility index (Phi) is 2.58. The van der Waals surface area contributed by atoms with Gasteiger partial charge in [0.15, 0.2) is 0 Å². The number of hydrogen-bond donors (Lipinski definition) is 1. The highest BCUT2D eigenvalue weighted by Gasteiger charge is 1.90. The van der Waals surface area contributed by atoms with Crippen LogP contribution in [0.15, 0.2) is 24.3 Å². The van der Waals surface area contributed by atoms with Gasteiger partial charge in [-0.15, -0.1) is 0 Å². The van der Waals surface area contributed by atoms with Crippen LogP contribution in [0.2, 0.25) is 0 Å². The van der Waals surface area contributed by atoms with Crippen molar-refractivity contribution in [2.75, 3.05) is 0 Å². The highest BCUT2D eigenvalue weighted by Crippen LogP contribution is 1.99. The highest BCUT2D eigenvalue weighted by atomic mass is 16.4. The van der Waals surface area contributed by atoms with E-state index >= 15 is 0 Å². The van der Waals surface area contributed by atoms with E-state index in [1.807, 2.05) is 19.1 Å². The molecule has 0 aliphatic heterocycles. The molecule has 0 saturated heterocycles. The summed E-state index contributed by atoms with van der Waals surface area (Å²) in [6.45, 7) is 1.86. The molecule has 0 fully saturated rings. The fraction of sp³-hybridized carbons (Fsp3) is 0.111. The fourth-order valence-corrected chi connectivity index (χ4v) is 0.814. The first-order chi connectivity index (χ1) is 5.68. The van der Waals surface area contributed by atoms with Gasteiger partial charge in [0.1, 0.15) is 0 Å². The van der Waals surface area contributed by atoms with Gasteiger partial charge in [0, 0.05) is 11.8 Å². The average molecular weight is 163 g/mol. The molecule has 62 valence electrons. The molecular weight excluding hydrogens is 154 g/mol. The summed E-state index contributed by atoms with van der Waals surface area (Å²) in [7, 11) is 0. The van der Waals surface area contributed by atoms with Crippen molar-refractivity contribution in [3.8, 4) is 0 Å². The van der Waals surface area contributed by atoms with Crippen molar-refractivity contribution in [2.45, 2.75) is 6.92 Å². The summed E-state index contributed by atoms with van der Waals surface area (Å²) in [6, 6.07) is 5.45. The van der Waals surface area contributed by atoms with Gasteiger partial charge in [0.05, 0.1) is 5.69 Å². The Hall–Kier alpha value is -1.64. The zero-order valence-corrected chi connectivity index (χ0v) is 6.69. The molecule has 1 N–H and O–H groups in total. The van der Waals surface area contributed by atoms with Crippen molar-refractivity contribution in [1.82, 2.24) is 4.98 Å². The lowest BCUT2D eigenvalue weighted by Crippen LogP contribution is -1.88. The molecule has 1 heterocycles. The van der Waals surface area contributed by atoms with E-state index in [1.165, 1.54) is 6.08 Å². The molecule has 0 atom stereocenters. The lowest BCUT2D eigenvalue weighted by atomic mass is 10.3. The second-order valence-corrected chi connectivity index (χ2v) is 2.38. The molecule has 0 aliphatic carbocycles. The van der Waals surface area contributed by atoms with Crippen LogP contribution in [0.1, 0.15) is 11.4 Å². The Balaban J connectivity index is 2.83. The number of pyridine rings is 1. The number of nitrogens with zero attached hydrogens (tertiary/aromatic N) is 1. The molecule has 3 heteroatoms. The Bertz CT molecular complexity index is 318. The lowest BCUT2D eigenvalue weighted by Gasteiger charge is -1.92. The summed E-state index contributed by atoms with van der Waals surface area (Å²) in [5.41, 5.74) is 1.54. The molecule has 0 aliphatic rings. The van der Waals surface area contributed by atoms with E-state index < -0.39 is 5.97 Å². The number of rotatable bonds is 2. The largest absolute Gasteiger partial charge is 0.478 e. The summed E-state index contributed by atoms with van der Waals surface area (Å²) in [5, 5.41) is 8.33. The van der Waals surface area contributed by atoms with E-state index in [9.17, 15) is 4.79 Å². The van der Waals surface area contributed by atoms with Gasteiger partial charge in [-0.2, -0.15) is 0 Å². The van der Waals surface area contributed by atoms with Crippen LogP contribution in [0.5, 0.6) is 0 Å². The van der Waals surface area contributed by atoms with Gasteiger partial charge in [-0.1, -0.05) is 6.07 Å². The van der Waals surface area contributed by atoms with Crippen molar-refractivity contribution in [3.63, 3.8) is 0 Å². The summed E-state index contributed by atoms with van der Waals surface area (Å²) in [6.07, 6.45) is 2.54. The minimum atomic E-state index is -0.960. The maximum Gasteiger partial charge on any atom is 0.328 e. The number of aliphatic carboxylic acids is 1. The molecule has 0 saturated carbocycles. The molecule has 1 aromatic rings. The van der Waals surface area contributed by atoms with Crippen LogP contribution in [0.25, 0.3) is 6.08 Å². The second-order valence-electron chi connectivity index (χ2n) is 2.38. The van der Waals surface area contributed by atoms with Crippen molar-refractivity contribution >= 4 is 12.0 Å². The predicted molar refractivity (Wildman–Crippen MR) is 45.6 cm³/mol. The zero-order chi connectivity index (χ0) is 8.97. The topological polar surface area (TPSA) is 50.2 Å². The lowest BCUT2D eigenvalue weighted by molar-refractivity contribution is -0.131. The Labute approximate surface area is 70.4 Å². The average Bonchev–Trinajstić information content (AvgIpc) is 2.01. The Morgan fingerprint density at radius 3 is 2.92 bits per heavy atom. The summed E-state index contributed by atoms with van der Waals surface area (Å²) >= 11 is 0. The van der Waals surface area contributed by atoms with Gasteiger partial charge in [-0.25, -0.2) is 4.79 Å². The zero-order valence-electron chi connectivity index (χ0n) is 6.69. The number of carboxylic acids is 1. The maximum absolute atomic E-state index is 10.1. The maximum atomic E-state index is 10.1. The minimum Gasteiger partial charge on any atom is -0.478 e. The minimum absolute atomic E-state index is 0.664. The highest BCUT2D eigenvalue weighted by molar-refractivity contribution is 5.84. The van der Waals surface area contributed by atoms with E-state index in [1.54, 1.807) is 6.07 Å². The van der Waals surface area contributed by atoms with Crippen LogP contribution >= 0.6 is 0 Å². The first kappa shape index (κ1) is 8.46. The monoisotopic (exact) mass is 163 g/mol. The van der Waals surface area contributed by atoms with Crippen LogP contribution in [0, 0.1) is 6.92 Å². The van der Waals surface area contributed by atoms with Gasteiger partial charge >= 0.3 is 5.97 Å². The molecular formula is C9H9NO2. The smallest absolute Gasteiger partial charge is 0.328 e. The molecule has 0 amide bonds. The van der Waals surface area contributed by atoms with E-state index in [4.69, 9.17) is 5.11 Å². The molecule has 0 bridgehead atoms. The van der Waals surface area contributed by atoms with Crippen LogP contribution in [-0.2, 0) is 4.79 Å². The van der Waals surface area contributed by atoms with Crippen molar-refractivity contribution in [1.29, 1.82) is 0 Å². The van der Waals surface area contributed by atoms with Gasteiger partial charge in [0.2, 0.25) is 0 Å². The van der Waals surface area contributed by atoms with E-state index in [0.717, 1.165) is 11.8 Å². The molecule has 0 aromatic carbocycles. The third-order valence-electron chi connectivity index (χ3n) is 1.31. The predicted octanol–water partition coefficient (Wildman–Crippen LogP) is 1.49. The number of carboxylic acid groups (broad SMARTS) is 1. The first-order valence-electron chi connectivity index (χ1n) is 3.53. The van der Waals surface area contributed by atoms with Crippen LogP contribution in [-0.4, -0.2) is 16.1 Å². The van der Waals surface area contributed by atoms with E-state index in [2.05, 4.69) is 4.98 Å². The summed E-state index contributed by atoms with van der Waals surface area (Å²) in [4.78, 5) is 14.2. The number of carbonyl (C=O) groups is 1. The number of hydrogen-bond acceptors (Lipinski definition) is 2. The van der Waals surface area contributed by atoms with Crippen molar-refractivity contribution in [2.24, 2.45) is 0 Å². The van der Waals surface area contributed by atoms with Gasteiger partial charge in [-0.05, 0) is 25.1 Å². The van der Waals surface area contributed by atoms with Crippen LogP contribution in [0.3, 0.4) is 0 Å². The molecule has 12 heavy (non-hydrogen) atoms. The molecule has 0 spiro atoms. The number of aromatic nitrogens is 1. The summed E-state index contributed by atoms with van der Waals surface area (Å²) < 4.78 is 0. The Morgan fingerprint density at radius 1 is 1.58 bits per heavy atom. The van der Waals surface area contributed by atoms with E-state index in [0.29, 0.717) is 5.69 Å². The van der Waals surface area contributed by atoms with Gasteiger partial charge in [0.25, 0.3) is 0 Å². The van der Waals surface area contributed by atoms with Crippen molar-refractivity contribution in [3.05, 3.63) is 35.7 Å². The van der Waals surface area contributed by atoms with Gasteiger partial charge < -0.3 is 5.11 Å². The molecule has 0 unspecified atom stereocenters. The van der Waals surface area contributed by atoms with Crippen molar-refractivity contribution < 1.29 is 9.90 Å². The van der Waals surface area contributed by atoms with E-state index in [-0.39, 0.29) is 0 Å². The Morgan fingerprint density at radius 2 is 2.33 bits per heavy atom. The molecule has 1 rings (SSSR count).